The first kappa shape index (κ1) is 10.8. The number of rotatable bonds is 5. The van der Waals surface area contributed by atoms with Crippen molar-refractivity contribution in [2.45, 2.75) is 6.54 Å². The van der Waals surface area contributed by atoms with Crippen molar-refractivity contribution in [2.24, 2.45) is 0 Å². The van der Waals surface area contributed by atoms with E-state index in [4.69, 9.17) is 10.8 Å². The Hall–Kier alpha value is -1.26. The summed E-state index contributed by atoms with van der Waals surface area (Å²) in [6.45, 7) is 1.44. The van der Waals surface area contributed by atoms with Crippen LogP contribution in [0, 0.1) is 0 Å². The topological polar surface area (TPSA) is 70.3 Å². The van der Waals surface area contributed by atoms with Crippen molar-refractivity contribution in [1.82, 2.24) is 5.32 Å². The lowest BCUT2D eigenvalue weighted by Gasteiger charge is -2.09. The molecule has 0 bridgehead atoms. The first-order valence-corrected chi connectivity index (χ1v) is 4.65. The van der Waals surface area contributed by atoms with E-state index in [1.54, 1.807) is 0 Å². The van der Waals surface area contributed by atoms with E-state index in [0.717, 1.165) is 23.5 Å². The highest BCUT2D eigenvalue weighted by molar-refractivity contribution is 5.57. The molecule has 5 N–H and O–H groups in total. The molecule has 0 radical (unpaired) electrons. The molecule has 0 spiro atoms. The van der Waals surface area contributed by atoms with Gasteiger partial charge in [-0.1, -0.05) is 0 Å². The maximum atomic E-state index is 8.66. The fourth-order valence-corrected chi connectivity index (χ4v) is 1.26. The molecule has 0 fully saturated rings. The summed E-state index contributed by atoms with van der Waals surface area (Å²) in [5, 5.41) is 14.8. The van der Waals surface area contributed by atoms with Gasteiger partial charge in [0, 0.05) is 24.5 Å². The van der Waals surface area contributed by atoms with Crippen LogP contribution in [0.3, 0.4) is 0 Å². The molecule has 1 rings (SSSR count). The SMILES string of the molecule is CNCc1cc(NCCO)ccc1N. The Morgan fingerprint density at radius 1 is 1.43 bits per heavy atom. The number of aliphatic hydroxyl groups excluding tert-OH is 1. The van der Waals surface area contributed by atoms with Crippen LogP contribution in [0.15, 0.2) is 18.2 Å². The normalized spacial score (nSPS) is 10.1. The van der Waals surface area contributed by atoms with Gasteiger partial charge in [-0.25, -0.2) is 0 Å². The Bertz CT molecular complexity index is 289. The van der Waals surface area contributed by atoms with Gasteiger partial charge in [-0.2, -0.15) is 0 Å². The zero-order valence-electron chi connectivity index (χ0n) is 8.38. The predicted molar refractivity (Wildman–Crippen MR) is 59.2 cm³/mol. The number of aliphatic hydroxyl groups is 1. The molecule has 1 aromatic rings. The third-order valence-corrected chi connectivity index (χ3v) is 1.95. The summed E-state index contributed by atoms with van der Waals surface area (Å²) in [4.78, 5) is 0. The fraction of sp³-hybridized carbons (Fsp3) is 0.400. The molecule has 4 nitrogen and oxygen atoms in total. The summed E-state index contributed by atoms with van der Waals surface area (Å²) >= 11 is 0. The standard InChI is InChI=1S/C10H17N3O/c1-12-7-8-6-9(13-4-5-14)2-3-10(8)11/h2-3,6,12-14H,4-5,7,11H2,1H3. The van der Waals surface area contributed by atoms with Crippen LogP contribution in [0.5, 0.6) is 0 Å². The molecule has 4 heteroatoms. The van der Waals surface area contributed by atoms with E-state index in [-0.39, 0.29) is 6.61 Å². The van der Waals surface area contributed by atoms with Gasteiger partial charge in [-0.3, -0.25) is 0 Å². The summed E-state index contributed by atoms with van der Waals surface area (Å²) in [5.74, 6) is 0. The highest BCUT2D eigenvalue weighted by Gasteiger charge is 1.99. The molecule has 0 aliphatic heterocycles. The minimum Gasteiger partial charge on any atom is -0.398 e. The largest absolute Gasteiger partial charge is 0.398 e. The van der Waals surface area contributed by atoms with Crippen LogP contribution in [-0.4, -0.2) is 25.3 Å². The van der Waals surface area contributed by atoms with Gasteiger partial charge in [0.05, 0.1) is 6.61 Å². The summed E-state index contributed by atoms with van der Waals surface area (Å²) in [6.07, 6.45) is 0. The molecular formula is C10H17N3O. The van der Waals surface area contributed by atoms with Gasteiger partial charge in [-0.05, 0) is 30.8 Å². The van der Waals surface area contributed by atoms with Crippen molar-refractivity contribution in [2.75, 3.05) is 31.2 Å². The molecule has 14 heavy (non-hydrogen) atoms. The molecule has 0 saturated carbocycles. The summed E-state index contributed by atoms with van der Waals surface area (Å²) < 4.78 is 0. The Balaban J connectivity index is 2.72. The van der Waals surface area contributed by atoms with E-state index in [1.165, 1.54) is 0 Å². The molecule has 0 aliphatic rings. The van der Waals surface area contributed by atoms with Gasteiger partial charge in [0.2, 0.25) is 0 Å². The van der Waals surface area contributed by atoms with Gasteiger partial charge in [0.1, 0.15) is 0 Å². The predicted octanol–water partition coefficient (Wildman–Crippen LogP) is 0.392. The Morgan fingerprint density at radius 3 is 2.86 bits per heavy atom. The zero-order chi connectivity index (χ0) is 10.4. The highest BCUT2D eigenvalue weighted by Crippen LogP contribution is 2.17. The molecule has 0 amide bonds. The number of nitrogens with one attached hydrogen (secondary N) is 2. The lowest BCUT2D eigenvalue weighted by atomic mass is 10.1. The number of anilines is 2. The number of hydrogen-bond acceptors (Lipinski definition) is 4. The van der Waals surface area contributed by atoms with Crippen molar-refractivity contribution in [3.63, 3.8) is 0 Å². The maximum absolute atomic E-state index is 8.66. The monoisotopic (exact) mass is 195 g/mol. The highest BCUT2D eigenvalue weighted by atomic mass is 16.3. The molecule has 0 aromatic heterocycles. The lowest BCUT2D eigenvalue weighted by molar-refractivity contribution is 0.311. The van der Waals surface area contributed by atoms with Crippen LogP contribution < -0.4 is 16.4 Å². The lowest BCUT2D eigenvalue weighted by Crippen LogP contribution is -2.10. The van der Waals surface area contributed by atoms with Crippen LogP contribution in [0.1, 0.15) is 5.56 Å². The van der Waals surface area contributed by atoms with E-state index < -0.39 is 0 Å². The summed E-state index contributed by atoms with van der Waals surface area (Å²) in [6, 6.07) is 5.76. The second kappa shape index (κ2) is 5.47. The van der Waals surface area contributed by atoms with Crippen LogP contribution in [0.25, 0.3) is 0 Å². The van der Waals surface area contributed by atoms with Gasteiger partial charge in [0.15, 0.2) is 0 Å². The van der Waals surface area contributed by atoms with Gasteiger partial charge >= 0.3 is 0 Å². The minimum atomic E-state index is 0.131. The van der Waals surface area contributed by atoms with E-state index in [2.05, 4.69) is 10.6 Å². The van der Waals surface area contributed by atoms with Crippen LogP contribution in [0.4, 0.5) is 11.4 Å². The third kappa shape index (κ3) is 2.90. The summed E-state index contributed by atoms with van der Waals surface area (Å²) in [5.41, 5.74) is 8.62. The third-order valence-electron chi connectivity index (χ3n) is 1.95. The van der Waals surface area contributed by atoms with Crippen molar-refractivity contribution in [1.29, 1.82) is 0 Å². The molecule has 78 valence electrons. The maximum Gasteiger partial charge on any atom is 0.0604 e. The van der Waals surface area contributed by atoms with Crippen LogP contribution in [0.2, 0.25) is 0 Å². The van der Waals surface area contributed by atoms with Gasteiger partial charge < -0.3 is 21.5 Å². The van der Waals surface area contributed by atoms with Crippen molar-refractivity contribution in [3.8, 4) is 0 Å². The quantitative estimate of drug-likeness (QED) is 0.513. The molecular weight excluding hydrogens is 178 g/mol. The molecule has 0 unspecified atom stereocenters. The van der Waals surface area contributed by atoms with Gasteiger partial charge in [0.25, 0.3) is 0 Å². The number of hydrogen-bond donors (Lipinski definition) is 4. The smallest absolute Gasteiger partial charge is 0.0604 e. The molecule has 0 aliphatic carbocycles. The zero-order valence-corrected chi connectivity index (χ0v) is 8.38. The van der Waals surface area contributed by atoms with Gasteiger partial charge in [-0.15, -0.1) is 0 Å². The Morgan fingerprint density at radius 2 is 2.21 bits per heavy atom. The first-order chi connectivity index (χ1) is 6.77. The average Bonchev–Trinajstić information content (AvgIpc) is 2.19. The number of nitrogen functional groups attached to an aromatic ring is 1. The fourth-order valence-electron chi connectivity index (χ4n) is 1.26. The van der Waals surface area contributed by atoms with E-state index in [9.17, 15) is 0 Å². The number of benzene rings is 1. The van der Waals surface area contributed by atoms with Crippen molar-refractivity contribution in [3.05, 3.63) is 23.8 Å². The van der Waals surface area contributed by atoms with Crippen LogP contribution >= 0.6 is 0 Å². The van der Waals surface area contributed by atoms with E-state index in [1.807, 2.05) is 25.2 Å². The molecule has 0 saturated heterocycles. The molecule has 0 atom stereocenters. The Labute approximate surface area is 84.1 Å². The average molecular weight is 195 g/mol. The van der Waals surface area contributed by atoms with Crippen molar-refractivity contribution < 1.29 is 5.11 Å². The second-order valence-corrected chi connectivity index (χ2v) is 3.09. The first-order valence-electron chi connectivity index (χ1n) is 4.65. The summed E-state index contributed by atoms with van der Waals surface area (Å²) in [7, 11) is 1.88. The minimum absolute atomic E-state index is 0.131. The second-order valence-electron chi connectivity index (χ2n) is 3.09. The number of nitrogens with two attached hydrogens (primary N) is 1. The van der Waals surface area contributed by atoms with E-state index in [0.29, 0.717) is 6.54 Å². The van der Waals surface area contributed by atoms with Crippen LogP contribution in [-0.2, 0) is 6.54 Å². The van der Waals surface area contributed by atoms with E-state index >= 15 is 0 Å². The Kier molecular flexibility index (Phi) is 4.22. The molecule has 0 heterocycles. The molecule has 1 aromatic carbocycles. The van der Waals surface area contributed by atoms with Crippen molar-refractivity contribution >= 4 is 11.4 Å².